The Balaban J connectivity index is 1.94. The Hall–Kier alpha value is -3.13. The van der Waals surface area contributed by atoms with Crippen molar-refractivity contribution in [3.05, 3.63) is 59.5 Å². The van der Waals surface area contributed by atoms with Gasteiger partial charge in [-0.15, -0.1) is 0 Å². The third kappa shape index (κ3) is 4.02. The Morgan fingerprint density at radius 3 is 2.81 bits per heavy atom. The van der Waals surface area contributed by atoms with E-state index in [0.29, 0.717) is 36.5 Å². The molecule has 1 aliphatic heterocycles. The molecule has 0 bridgehead atoms. The lowest BCUT2D eigenvalue weighted by Crippen LogP contribution is -2.47. The molecule has 7 nitrogen and oxygen atoms in total. The monoisotopic (exact) mass is 441 g/mol. The van der Waals surface area contributed by atoms with Crippen LogP contribution in [-0.4, -0.2) is 43.1 Å². The fourth-order valence-electron chi connectivity index (χ4n) is 4.70. The van der Waals surface area contributed by atoms with Crippen molar-refractivity contribution in [3.8, 4) is 5.75 Å². The molecule has 8 heteroatoms. The molecule has 0 radical (unpaired) electrons. The van der Waals surface area contributed by atoms with Crippen LogP contribution in [0, 0.1) is 5.82 Å². The molecule has 0 aliphatic carbocycles. The van der Waals surface area contributed by atoms with Gasteiger partial charge in [0.25, 0.3) is 0 Å². The molecule has 1 aromatic heterocycles. The standard InChI is InChI=1S/C24H28FN3O4/c1-3-13-31-23(27-29)21(16-5-4-6-18(14-16)30-2)24(9-11-26-12-10-24)22-19-8-7-17(25)15-20(19)32-28-22/h4-8,14-15,21,26,29H,3,9-13H2,1-2H3. The molecule has 4 rings (SSSR count). The number of piperidine rings is 1. The van der Waals surface area contributed by atoms with Crippen LogP contribution in [0.1, 0.15) is 43.4 Å². The van der Waals surface area contributed by atoms with Crippen molar-refractivity contribution in [3.63, 3.8) is 0 Å². The number of benzene rings is 2. The van der Waals surface area contributed by atoms with Crippen LogP contribution in [0.4, 0.5) is 4.39 Å². The Morgan fingerprint density at radius 1 is 1.28 bits per heavy atom. The second kappa shape index (κ2) is 9.56. The number of nitrogens with one attached hydrogen (secondary N) is 1. The van der Waals surface area contributed by atoms with E-state index in [4.69, 9.17) is 14.0 Å². The summed E-state index contributed by atoms with van der Waals surface area (Å²) in [6, 6.07) is 12.1. The van der Waals surface area contributed by atoms with Gasteiger partial charge in [0, 0.05) is 16.9 Å². The smallest absolute Gasteiger partial charge is 0.234 e. The molecule has 0 amide bonds. The lowest BCUT2D eigenvalue weighted by molar-refractivity contribution is 0.205. The lowest BCUT2D eigenvalue weighted by Gasteiger charge is -2.42. The highest BCUT2D eigenvalue weighted by Gasteiger charge is 2.49. The summed E-state index contributed by atoms with van der Waals surface area (Å²) in [7, 11) is 1.61. The SMILES string of the molecule is CCCOC(=NO)C(c1cccc(OC)c1)C1(c2noc3cc(F)ccc23)CCNCC1. The molecule has 2 heterocycles. The predicted molar refractivity (Wildman–Crippen MR) is 119 cm³/mol. The van der Waals surface area contributed by atoms with Crippen molar-refractivity contribution in [1.82, 2.24) is 10.5 Å². The quantitative estimate of drug-likeness (QED) is 0.241. The summed E-state index contributed by atoms with van der Waals surface area (Å²) in [5, 5.41) is 22.2. The molecule has 2 aromatic carbocycles. The molecule has 1 aliphatic rings. The number of fused-ring (bicyclic) bond motifs is 1. The molecular weight excluding hydrogens is 413 g/mol. The summed E-state index contributed by atoms with van der Waals surface area (Å²) in [5.74, 6) is 0.0825. The minimum Gasteiger partial charge on any atom is -0.497 e. The van der Waals surface area contributed by atoms with Crippen molar-refractivity contribution >= 4 is 16.9 Å². The van der Waals surface area contributed by atoms with E-state index in [1.165, 1.54) is 12.1 Å². The van der Waals surface area contributed by atoms with E-state index >= 15 is 0 Å². The van der Waals surface area contributed by atoms with Crippen molar-refractivity contribution in [2.45, 2.75) is 37.5 Å². The molecule has 1 fully saturated rings. The number of hydrogen-bond acceptors (Lipinski definition) is 7. The molecule has 170 valence electrons. The number of oxime groups is 1. The van der Waals surface area contributed by atoms with E-state index < -0.39 is 11.3 Å². The van der Waals surface area contributed by atoms with Crippen LogP contribution >= 0.6 is 0 Å². The molecule has 0 saturated carbocycles. The normalized spacial score (nSPS) is 17.3. The first-order valence-corrected chi connectivity index (χ1v) is 10.9. The van der Waals surface area contributed by atoms with Crippen LogP contribution < -0.4 is 10.1 Å². The van der Waals surface area contributed by atoms with E-state index in [0.717, 1.165) is 30.5 Å². The Kier molecular flexibility index (Phi) is 6.60. The predicted octanol–water partition coefficient (Wildman–Crippen LogP) is 4.59. The van der Waals surface area contributed by atoms with E-state index in [9.17, 15) is 9.60 Å². The number of ether oxygens (including phenoxy) is 2. The first-order valence-electron chi connectivity index (χ1n) is 10.9. The van der Waals surface area contributed by atoms with Gasteiger partial charge in [0.1, 0.15) is 11.6 Å². The van der Waals surface area contributed by atoms with E-state index in [2.05, 4.69) is 15.6 Å². The zero-order chi connectivity index (χ0) is 22.6. The Bertz CT molecular complexity index is 1090. The zero-order valence-electron chi connectivity index (χ0n) is 18.3. The summed E-state index contributed by atoms with van der Waals surface area (Å²) in [4.78, 5) is 0. The maximum atomic E-state index is 13.8. The molecule has 1 atom stereocenters. The Labute approximate surface area is 186 Å². The van der Waals surface area contributed by atoms with Gasteiger partial charge in [-0.2, -0.15) is 0 Å². The van der Waals surface area contributed by atoms with Gasteiger partial charge in [-0.25, -0.2) is 4.39 Å². The van der Waals surface area contributed by atoms with Gasteiger partial charge in [-0.3, -0.25) is 0 Å². The van der Waals surface area contributed by atoms with Crippen LogP contribution in [-0.2, 0) is 10.2 Å². The maximum Gasteiger partial charge on any atom is 0.234 e. The number of hydrogen-bond donors (Lipinski definition) is 2. The van der Waals surface area contributed by atoms with Crippen LogP contribution in [0.3, 0.4) is 0 Å². The number of methoxy groups -OCH3 is 1. The second-order valence-corrected chi connectivity index (χ2v) is 8.07. The van der Waals surface area contributed by atoms with Crippen molar-refractivity contribution in [2.24, 2.45) is 5.16 Å². The van der Waals surface area contributed by atoms with Gasteiger partial charge in [0.05, 0.1) is 25.3 Å². The molecule has 32 heavy (non-hydrogen) atoms. The van der Waals surface area contributed by atoms with Crippen molar-refractivity contribution < 1.29 is 23.6 Å². The zero-order valence-corrected chi connectivity index (χ0v) is 18.3. The van der Waals surface area contributed by atoms with Gasteiger partial charge < -0.3 is 24.5 Å². The number of aromatic nitrogens is 1. The molecule has 0 spiro atoms. The van der Waals surface area contributed by atoms with E-state index in [1.807, 2.05) is 31.2 Å². The van der Waals surface area contributed by atoms with Crippen LogP contribution in [0.15, 0.2) is 52.1 Å². The summed E-state index contributed by atoms with van der Waals surface area (Å²) in [6.45, 7) is 3.89. The first kappa shape index (κ1) is 22.1. The molecular formula is C24H28FN3O4. The van der Waals surface area contributed by atoms with Crippen LogP contribution in [0.25, 0.3) is 11.0 Å². The van der Waals surface area contributed by atoms with Crippen LogP contribution in [0.5, 0.6) is 5.75 Å². The summed E-state index contributed by atoms with van der Waals surface area (Å²) in [5.41, 5.74) is 1.38. The third-order valence-electron chi connectivity index (χ3n) is 6.18. The number of halogens is 1. The average Bonchev–Trinajstić information content (AvgIpc) is 3.25. The molecule has 1 unspecified atom stereocenters. The highest BCUT2D eigenvalue weighted by atomic mass is 19.1. The summed E-state index contributed by atoms with van der Waals surface area (Å²) < 4.78 is 30.8. The minimum atomic E-state index is -0.601. The third-order valence-corrected chi connectivity index (χ3v) is 6.18. The molecule has 2 N–H and O–H groups in total. The maximum absolute atomic E-state index is 13.8. The fourth-order valence-corrected chi connectivity index (χ4v) is 4.70. The van der Waals surface area contributed by atoms with Gasteiger partial charge in [-0.05, 0) is 62.2 Å². The van der Waals surface area contributed by atoms with E-state index in [-0.39, 0.29) is 11.7 Å². The van der Waals surface area contributed by atoms with Crippen molar-refractivity contribution in [1.29, 1.82) is 0 Å². The van der Waals surface area contributed by atoms with Crippen LogP contribution in [0.2, 0.25) is 0 Å². The number of nitrogens with zero attached hydrogens (tertiary/aromatic N) is 2. The van der Waals surface area contributed by atoms with E-state index in [1.54, 1.807) is 13.2 Å². The fraction of sp³-hybridized carbons (Fsp3) is 0.417. The van der Waals surface area contributed by atoms with Gasteiger partial charge in [0.2, 0.25) is 5.90 Å². The molecule has 1 saturated heterocycles. The molecule has 3 aromatic rings. The highest BCUT2D eigenvalue weighted by Crippen LogP contribution is 2.49. The van der Waals surface area contributed by atoms with Gasteiger partial charge >= 0.3 is 0 Å². The summed E-state index contributed by atoms with van der Waals surface area (Å²) in [6.07, 6.45) is 2.16. The van der Waals surface area contributed by atoms with Crippen molar-refractivity contribution in [2.75, 3.05) is 26.8 Å². The topological polar surface area (TPSA) is 89.1 Å². The largest absolute Gasteiger partial charge is 0.497 e. The average molecular weight is 442 g/mol. The van der Waals surface area contributed by atoms with Gasteiger partial charge in [0.15, 0.2) is 5.58 Å². The lowest BCUT2D eigenvalue weighted by atomic mass is 9.63. The number of rotatable bonds is 7. The minimum absolute atomic E-state index is 0.222. The Morgan fingerprint density at radius 2 is 2.09 bits per heavy atom. The first-order chi connectivity index (χ1) is 15.6. The summed E-state index contributed by atoms with van der Waals surface area (Å²) >= 11 is 0. The second-order valence-electron chi connectivity index (χ2n) is 8.07. The highest BCUT2D eigenvalue weighted by molar-refractivity contribution is 5.88. The van der Waals surface area contributed by atoms with Gasteiger partial charge in [-0.1, -0.05) is 29.4 Å².